The summed E-state index contributed by atoms with van der Waals surface area (Å²) in [6.07, 6.45) is 1.25. The molecule has 0 atom stereocenters. The van der Waals surface area contributed by atoms with Gasteiger partial charge in [0.25, 0.3) is 0 Å². The molecule has 18 heavy (non-hydrogen) atoms. The molecule has 0 aliphatic heterocycles. The van der Waals surface area contributed by atoms with Crippen molar-refractivity contribution in [3.63, 3.8) is 0 Å². The zero-order chi connectivity index (χ0) is 13.3. The highest BCUT2D eigenvalue weighted by Gasteiger charge is 2.51. The first-order valence-corrected chi connectivity index (χ1v) is 5.83. The summed E-state index contributed by atoms with van der Waals surface area (Å²) < 4.78 is 13.5. The Labute approximate surface area is 108 Å². The van der Waals surface area contributed by atoms with Crippen molar-refractivity contribution in [2.75, 3.05) is 5.32 Å². The van der Waals surface area contributed by atoms with Crippen LogP contribution in [0.25, 0.3) is 0 Å². The van der Waals surface area contributed by atoms with Gasteiger partial charge in [-0.05, 0) is 31.0 Å². The van der Waals surface area contributed by atoms with Crippen LogP contribution in [0.5, 0.6) is 0 Å². The van der Waals surface area contributed by atoms with Gasteiger partial charge in [0.2, 0.25) is 5.91 Å². The van der Waals surface area contributed by atoms with Crippen LogP contribution in [0, 0.1) is 11.2 Å². The Morgan fingerprint density at radius 3 is 2.50 bits per heavy atom. The molecule has 0 heterocycles. The molecule has 0 unspecified atom stereocenters. The van der Waals surface area contributed by atoms with Gasteiger partial charge in [0.1, 0.15) is 11.2 Å². The van der Waals surface area contributed by atoms with E-state index in [2.05, 4.69) is 5.32 Å². The van der Waals surface area contributed by atoms with Crippen molar-refractivity contribution < 1.29 is 19.1 Å². The van der Waals surface area contributed by atoms with E-state index in [1.165, 1.54) is 12.1 Å². The number of carboxylic acids is 1. The Hall–Kier alpha value is -1.62. The average Bonchev–Trinajstić information content (AvgIpc) is 2.19. The van der Waals surface area contributed by atoms with Gasteiger partial charge in [-0.1, -0.05) is 18.0 Å². The second-order valence-corrected chi connectivity index (χ2v) is 4.76. The summed E-state index contributed by atoms with van der Waals surface area (Å²) in [5, 5.41) is 11.6. The van der Waals surface area contributed by atoms with Gasteiger partial charge in [-0.15, -0.1) is 0 Å². The number of aliphatic carboxylic acids is 1. The van der Waals surface area contributed by atoms with Crippen molar-refractivity contribution in [3.05, 3.63) is 29.0 Å². The minimum Gasteiger partial charge on any atom is -0.480 e. The van der Waals surface area contributed by atoms with E-state index < -0.39 is 23.1 Å². The number of nitrogens with one attached hydrogen (secondary N) is 1. The molecule has 1 amide bonds. The molecule has 1 aliphatic carbocycles. The molecule has 0 bridgehead atoms. The lowest BCUT2D eigenvalue weighted by molar-refractivity contribution is -0.159. The quantitative estimate of drug-likeness (QED) is 0.831. The third-order valence-electron chi connectivity index (χ3n) is 3.23. The molecule has 1 aromatic rings. The minimum atomic E-state index is -1.41. The highest BCUT2D eigenvalue weighted by Crippen LogP contribution is 2.42. The number of rotatable bonds is 3. The Bertz CT molecular complexity index is 514. The van der Waals surface area contributed by atoms with Crippen LogP contribution in [-0.2, 0) is 9.59 Å². The largest absolute Gasteiger partial charge is 0.480 e. The monoisotopic (exact) mass is 271 g/mol. The molecule has 1 aliphatic rings. The summed E-state index contributed by atoms with van der Waals surface area (Å²) in [7, 11) is 0. The lowest BCUT2D eigenvalue weighted by Crippen LogP contribution is -2.48. The van der Waals surface area contributed by atoms with Crippen molar-refractivity contribution in [2.45, 2.75) is 19.3 Å². The van der Waals surface area contributed by atoms with Gasteiger partial charge in [0, 0.05) is 5.02 Å². The summed E-state index contributed by atoms with van der Waals surface area (Å²) in [5.41, 5.74) is -1.47. The number of carbonyl (C=O) groups is 2. The van der Waals surface area contributed by atoms with E-state index in [0.29, 0.717) is 6.42 Å². The van der Waals surface area contributed by atoms with Crippen LogP contribution in [-0.4, -0.2) is 17.0 Å². The normalized spacial score (nSPS) is 16.8. The summed E-state index contributed by atoms with van der Waals surface area (Å²) in [4.78, 5) is 23.0. The molecule has 2 N–H and O–H groups in total. The third kappa shape index (κ3) is 2.06. The summed E-state index contributed by atoms with van der Waals surface area (Å²) in [6.45, 7) is 0. The average molecular weight is 272 g/mol. The van der Waals surface area contributed by atoms with Crippen molar-refractivity contribution in [1.29, 1.82) is 0 Å². The Balaban J connectivity index is 2.19. The molecule has 0 spiro atoms. The molecular weight excluding hydrogens is 261 g/mol. The molecule has 0 aromatic heterocycles. The number of hydrogen-bond acceptors (Lipinski definition) is 2. The topological polar surface area (TPSA) is 66.4 Å². The van der Waals surface area contributed by atoms with Crippen molar-refractivity contribution >= 4 is 29.2 Å². The maximum Gasteiger partial charge on any atom is 0.319 e. The number of carboxylic acid groups (broad SMARTS) is 1. The summed E-state index contributed by atoms with van der Waals surface area (Å²) in [6, 6.07) is 3.80. The van der Waals surface area contributed by atoms with E-state index in [-0.39, 0.29) is 23.6 Å². The first-order chi connectivity index (χ1) is 8.45. The Morgan fingerprint density at radius 1 is 1.39 bits per heavy atom. The van der Waals surface area contributed by atoms with Gasteiger partial charge < -0.3 is 10.4 Å². The molecule has 1 aromatic carbocycles. The lowest BCUT2D eigenvalue weighted by Gasteiger charge is -2.35. The van der Waals surface area contributed by atoms with Crippen LogP contribution >= 0.6 is 11.6 Å². The second-order valence-electron chi connectivity index (χ2n) is 4.32. The standard InChI is InChI=1S/C12H11ClFNO3/c13-7-2-3-9(8(14)6-7)15-10(16)12(11(17)18)4-1-5-12/h2-3,6H,1,4-5H2,(H,15,16)(H,17,18). The van der Waals surface area contributed by atoms with Gasteiger partial charge in [-0.3, -0.25) is 9.59 Å². The summed E-state index contributed by atoms with van der Waals surface area (Å²) >= 11 is 5.59. The predicted octanol–water partition coefficient (Wildman–Crippen LogP) is 2.67. The molecule has 4 nitrogen and oxygen atoms in total. The molecule has 96 valence electrons. The van der Waals surface area contributed by atoms with Gasteiger partial charge in [-0.25, -0.2) is 4.39 Å². The smallest absolute Gasteiger partial charge is 0.319 e. The number of anilines is 1. The molecule has 1 saturated carbocycles. The third-order valence-corrected chi connectivity index (χ3v) is 3.47. The van der Waals surface area contributed by atoms with Gasteiger partial charge >= 0.3 is 5.97 Å². The van der Waals surface area contributed by atoms with Crippen molar-refractivity contribution in [3.8, 4) is 0 Å². The second kappa shape index (κ2) is 4.57. The van der Waals surface area contributed by atoms with Crippen molar-refractivity contribution in [2.24, 2.45) is 5.41 Å². The predicted molar refractivity (Wildman–Crippen MR) is 64.0 cm³/mol. The van der Waals surface area contributed by atoms with Crippen LogP contribution in [0.3, 0.4) is 0 Å². The van der Waals surface area contributed by atoms with Gasteiger partial charge in [-0.2, -0.15) is 0 Å². The molecular formula is C12H11ClFNO3. The lowest BCUT2D eigenvalue weighted by atomic mass is 9.68. The van der Waals surface area contributed by atoms with Crippen LogP contribution in [0.15, 0.2) is 18.2 Å². The maximum absolute atomic E-state index is 13.5. The van der Waals surface area contributed by atoms with Crippen molar-refractivity contribution in [1.82, 2.24) is 0 Å². The van der Waals surface area contributed by atoms with E-state index in [0.717, 1.165) is 6.07 Å². The van der Waals surface area contributed by atoms with E-state index in [1.807, 2.05) is 0 Å². The zero-order valence-electron chi connectivity index (χ0n) is 9.37. The molecule has 0 radical (unpaired) electrons. The van der Waals surface area contributed by atoms with E-state index in [4.69, 9.17) is 16.7 Å². The number of hydrogen-bond donors (Lipinski definition) is 2. The summed E-state index contributed by atoms with van der Waals surface area (Å²) in [5.74, 6) is -2.53. The molecule has 0 saturated heterocycles. The van der Waals surface area contributed by atoms with Crippen LogP contribution < -0.4 is 5.32 Å². The van der Waals surface area contributed by atoms with Gasteiger partial charge in [0.15, 0.2) is 0 Å². The molecule has 1 fully saturated rings. The highest BCUT2D eigenvalue weighted by molar-refractivity contribution is 6.30. The fraction of sp³-hybridized carbons (Fsp3) is 0.333. The first-order valence-electron chi connectivity index (χ1n) is 5.45. The van der Waals surface area contributed by atoms with E-state index >= 15 is 0 Å². The Kier molecular flexibility index (Phi) is 3.26. The number of amides is 1. The SMILES string of the molecule is O=C(O)C1(C(=O)Nc2ccc(Cl)cc2F)CCC1. The minimum absolute atomic E-state index is 0.0584. The van der Waals surface area contributed by atoms with Crippen LogP contribution in [0.4, 0.5) is 10.1 Å². The molecule has 6 heteroatoms. The number of halogens is 2. The van der Waals surface area contributed by atoms with Crippen LogP contribution in [0.1, 0.15) is 19.3 Å². The van der Waals surface area contributed by atoms with E-state index in [1.54, 1.807) is 0 Å². The zero-order valence-corrected chi connectivity index (χ0v) is 10.1. The first kappa shape index (κ1) is 12.8. The van der Waals surface area contributed by atoms with E-state index in [9.17, 15) is 14.0 Å². The highest BCUT2D eigenvalue weighted by atomic mass is 35.5. The van der Waals surface area contributed by atoms with Crippen LogP contribution in [0.2, 0.25) is 5.02 Å². The fourth-order valence-electron chi connectivity index (χ4n) is 1.90. The Morgan fingerprint density at radius 2 is 2.06 bits per heavy atom. The van der Waals surface area contributed by atoms with Gasteiger partial charge in [0.05, 0.1) is 5.69 Å². The fourth-order valence-corrected chi connectivity index (χ4v) is 2.06. The number of carbonyl (C=O) groups excluding carboxylic acids is 1. The number of benzene rings is 1. The molecule has 2 rings (SSSR count). The maximum atomic E-state index is 13.5.